The number of ether oxygens (including phenoxy) is 1. The number of carbonyl (C=O) groups excluding carboxylic acids is 1. The van der Waals surface area contributed by atoms with E-state index in [1.54, 1.807) is 6.08 Å². The number of esters is 1. The van der Waals surface area contributed by atoms with Crippen LogP contribution in [0.2, 0.25) is 0 Å². The van der Waals surface area contributed by atoms with E-state index in [4.69, 9.17) is 4.74 Å². The van der Waals surface area contributed by atoms with E-state index in [0.717, 1.165) is 11.1 Å². The molecule has 0 aliphatic carbocycles. The highest BCUT2D eigenvalue weighted by Crippen LogP contribution is 2.27. The van der Waals surface area contributed by atoms with Gasteiger partial charge in [-0.1, -0.05) is 60.7 Å². The molecule has 2 aromatic rings. The van der Waals surface area contributed by atoms with Crippen molar-refractivity contribution in [2.24, 2.45) is 0 Å². The van der Waals surface area contributed by atoms with Crippen LogP contribution in [0.4, 0.5) is 0 Å². The van der Waals surface area contributed by atoms with Gasteiger partial charge in [0.05, 0.1) is 5.57 Å². The topological polar surface area (TPSA) is 26.3 Å². The van der Waals surface area contributed by atoms with E-state index in [1.807, 2.05) is 66.7 Å². The summed E-state index contributed by atoms with van der Waals surface area (Å²) < 4.78 is 5.26. The molecule has 0 unspecified atom stereocenters. The van der Waals surface area contributed by atoms with Crippen LogP contribution in [-0.2, 0) is 9.53 Å². The van der Waals surface area contributed by atoms with Crippen LogP contribution in [0.5, 0.6) is 0 Å². The summed E-state index contributed by atoms with van der Waals surface area (Å²) in [6.45, 7) is 0. The molecule has 92 valence electrons. The molecular formula is C17H12O2. The molecule has 1 aliphatic rings. The van der Waals surface area contributed by atoms with E-state index in [2.05, 4.69) is 0 Å². The Morgan fingerprint density at radius 2 is 1.47 bits per heavy atom. The fourth-order valence-corrected chi connectivity index (χ4v) is 2.00. The Morgan fingerprint density at radius 3 is 2.16 bits per heavy atom. The molecule has 1 aliphatic heterocycles. The molecule has 19 heavy (non-hydrogen) atoms. The predicted molar refractivity (Wildman–Crippen MR) is 74.9 cm³/mol. The smallest absolute Gasteiger partial charge is 0.344 e. The standard InChI is InChI=1S/C17H12O2/c18-17-16(14-9-5-2-6-10-14)12-15(19-17)11-13-7-3-1-4-8-13/h1-12H/b15-11+. The van der Waals surface area contributed by atoms with Crippen molar-refractivity contribution in [3.8, 4) is 0 Å². The number of rotatable bonds is 2. The van der Waals surface area contributed by atoms with Gasteiger partial charge in [0.25, 0.3) is 0 Å². The molecule has 3 rings (SSSR count). The summed E-state index contributed by atoms with van der Waals surface area (Å²) in [5.41, 5.74) is 2.49. The number of hydrogen-bond acceptors (Lipinski definition) is 2. The van der Waals surface area contributed by atoms with Gasteiger partial charge in [-0.3, -0.25) is 0 Å². The molecule has 0 bridgehead atoms. The molecule has 1 heterocycles. The molecule has 0 fully saturated rings. The van der Waals surface area contributed by atoms with Crippen molar-refractivity contribution in [3.63, 3.8) is 0 Å². The van der Waals surface area contributed by atoms with Crippen molar-refractivity contribution in [1.82, 2.24) is 0 Å². The first-order chi connectivity index (χ1) is 9.33. The van der Waals surface area contributed by atoms with Gasteiger partial charge in [0.1, 0.15) is 5.76 Å². The summed E-state index contributed by atoms with van der Waals surface area (Å²) in [6, 6.07) is 19.3. The number of allylic oxidation sites excluding steroid dienone is 1. The van der Waals surface area contributed by atoms with Crippen LogP contribution >= 0.6 is 0 Å². The van der Waals surface area contributed by atoms with Crippen molar-refractivity contribution < 1.29 is 9.53 Å². The minimum atomic E-state index is -0.298. The average Bonchev–Trinajstić information content (AvgIpc) is 2.82. The number of carbonyl (C=O) groups is 1. The third-order valence-corrected chi connectivity index (χ3v) is 2.91. The zero-order chi connectivity index (χ0) is 13.1. The molecule has 2 nitrogen and oxygen atoms in total. The van der Waals surface area contributed by atoms with Crippen LogP contribution < -0.4 is 0 Å². The molecule has 0 saturated heterocycles. The fourth-order valence-electron chi connectivity index (χ4n) is 2.00. The Labute approximate surface area is 111 Å². The van der Waals surface area contributed by atoms with Crippen LogP contribution in [-0.4, -0.2) is 5.97 Å². The van der Waals surface area contributed by atoms with Gasteiger partial charge < -0.3 is 4.74 Å². The van der Waals surface area contributed by atoms with Gasteiger partial charge in [0, 0.05) is 0 Å². The van der Waals surface area contributed by atoms with Crippen LogP contribution in [0.3, 0.4) is 0 Å². The van der Waals surface area contributed by atoms with Crippen molar-refractivity contribution in [3.05, 3.63) is 83.6 Å². The average molecular weight is 248 g/mol. The molecular weight excluding hydrogens is 236 g/mol. The minimum Gasteiger partial charge on any atom is -0.423 e. The summed E-state index contributed by atoms with van der Waals surface area (Å²) in [7, 11) is 0. The van der Waals surface area contributed by atoms with E-state index in [9.17, 15) is 4.79 Å². The molecule has 0 N–H and O–H groups in total. The van der Waals surface area contributed by atoms with Crippen LogP contribution in [0.15, 0.2) is 72.5 Å². The number of benzene rings is 2. The summed E-state index contributed by atoms with van der Waals surface area (Å²) >= 11 is 0. The lowest BCUT2D eigenvalue weighted by molar-refractivity contribution is -0.131. The quantitative estimate of drug-likeness (QED) is 0.758. The van der Waals surface area contributed by atoms with Crippen molar-refractivity contribution in [2.45, 2.75) is 0 Å². The Kier molecular flexibility index (Phi) is 2.99. The fraction of sp³-hybridized carbons (Fsp3) is 0. The molecule has 0 amide bonds. The molecule has 2 heteroatoms. The lowest BCUT2D eigenvalue weighted by atomic mass is 10.1. The third kappa shape index (κ3) is 2.47. The van der Waals surface area contributed by atoms with Crippen LogP contribution in [0.1, 0.15) is 11.1 Å². The van der Waals surface area contributed by atoms with Gasteiger partial charge >= 0.3 is 5.97 Å². The summed E-state index contributed by atoms with van der Waals surface area (Å²) in [4.78, 5) is 11.8. The third-order valence-electron chi connectivity index (χ3n) is 2.91. The maximum Gasteiger partial charge on any atom is 0.344 e. The van der Waals surface area contributed by atoms with Crippen LogP contribution in [0, 0.1) is 0 Å². The molecule has 0 aromatic heterocycles. The SMILES string of the molecule is O=C1O/C(=C/c2ccccc2)C=C1c1ccccc1. The summed E-state index contributed by atoms with van der Waals surface area (Å²) in [6.07, 6.45) is 3.64. The molecule has 0 saturated carbocycles. The number of cyclic esters (lactones) is 1. The highest BCUT2D eigenvalue weighted by molar-refractivity contribution is 6.19. The molecule has 0 radical (unpaired) electrons. The highest BCUT2D eigenvalue weighted by atomic mass is 16.5. The lowest BCUT2D eigenvalue weighted by Crippen LogP contribution is -1.97. The lowest BCUT2D eigenvalue weighted by Gasteiger charge is -1.98. The maximum absolute atomic E-state index is 11.8. The largest absolute Gasteiger partial charge is 0.423 e. The van der Waals surface area contributed by atoms with E-state index < -0.39 is 0 Å². The summed E-state index contributed by atoms with van der Waals surface area (Å²) in [5.74, 6) is 0.281. The van der Waals surface area contributed by atoms with Crippen molar-refractivity contribution >= 4 is 17.6 Å². The highest BCUT2D eigenvalue weighted by Gasteiger charge is 2.22. The maximum atomic E-state index is 11.8. The normalized spacial score (nSPS) is 16.3. The van der Waals surface area contributed by atoms with Crippen molar-refractivity contribution in [1.29, 1.82) is 0 Å². The molecule has 2 aromatic carbocycles. The van der Waals surface area contributed by atoms with Gasteiger partial charge in [0.15, 0.2) is 0 Å². The Hall–Kier alpha value is -2.61. The first-order valence-electron chi connectivity index (χ1n) is 6.09. The van der Waals surface area contributed by atoms with Gasteiger partial charge in [-0.15, -0.1) is 0 Å². The van der Waals surface area contributed by atoms with E-state index in [1.165, 1.54) is 0 Å². The Balaban J connectivity index is 1.94. The van der Waals surface area contributed by atoms with Gasteiger partial charge in [-0.25, -0.2) is 4.79 Å². The Bertz CT molecular complexity index is 652. The zero-order valence-corrected chi connectivity index (χ0v) is 10.2. The van der Waals surface area contributed by atoms with Gasteiger partial charge in [-0.05, 0) is 23.3 Å². The first kappa shape index (κ1) is 11.5. The minimum absolute atomic E-state index is 0.298. The second-order valence-corrected chi connectivity index (χ2v) is 4.27. The zero-order valence-electron chi connectivity index (χ0n) is 10.2. The predicted octanol–water partition coefficient (Wildman–Crippen LogP) is 3.67. The first-order valence-corrected chi connectivity index (χ1v) is 6.09. The van der Waals surface area contributed by atoms with E-state index >= 15 is 0 Å². The summed E-state index contributed by atoms with van der Waals surface area (Å²) in [5, 5.41) is 0. The van der Waals surface area contributed by atoms with Gasteiger partial charge in [-0.2, -0.15) is 0 Å². The second kappa shape index (κ2) is 4.94. The molecule has 0 spiro atoms. The van der Waals surface area contributed by atoms with Crippen LogP contribution in [0.25, 0.3) is 11.6 Å². The monoisotopic (exact) mass is 248 g/mol. The second-order valence-electron chi connectivity index (χ2n) is 4.27. The van der Waals surface area contributed by atoms with Crippen molar-refractivity contribution in [2.75, 3.05) is 0 Å². The van der Waals surface area contributed by atoms with E-state index in [0.29, 0.717) is 11.3 Å². The van der Waals surface area contributed by atoms with E-state index in [-0.39, 0.29) is 5.97 Å². The number of hydrogen-bond donors (Lipinski definition) is 0. The van der Waals surface area contributed by atoms with Gasteiger partial charge in [0.2, 0.25) is 0 Å². The molecule has 0 atom stereocenters. The Morgan fingerprint density at radius 1 is 0.842 bits per heavy atom.